The zero-order valence-corrected chi connectivity index (χ0v) is 11.1. The summed E-state index contributed by atoms with van der Waals surface area (Å²) in [5.41, 5.74) is 12.9. The lowest BCUT2D eigenvalue weighted by molar-refractivity contribution is -0.123. The van der Waals surface area contributed by atoms with Gasteiger partial charge < -0.3 is 10.5 Å². The number of aryl methyl sites for hydroxylation is 1. The van der Waals surface area contributed by atoms with Crippen LogP contribution in [-0.2, 0) is 11.2 Å². The zero-order chi connectivity index (χ0) is 13.5. The van der Waals surface area contributed by atoms with Crippen molar-refractivity contribution in [3.05, 3.63) is 29.3 Å². The molecule has 5 heteroatoms. The Balaban J connectivity index is 2.68. The summed E-state index contributed by atoms with van der Waals surface area (Å²) in [6, 6.07) is 5.29. The number of hydrogen-bond donors (Lipinski definition) is 3. The molecule has 5 nitrogen and oxygen atoms in total. The summed E-state index contributed by atoms with van der Waals surface area (Å²) in [6.07, 6.45) is 0.501. The van der Waals surface area contributed by atoms with Gasteiger partial charge in [0.05, 0.1) is 12.6 Å². The van der Waals surface area contributed by atoms with Gasteiger partial charge in [-0.3, -0.25) is 10.2 Å². The van der Waals surface area contributed by atoms with E-state index in [0.717, 1.165) is 16.9 Å². The van der Waals surface area contributed by atoms with Crippen molar-refractivity contribution in [1.82, 2.24) is 10.9 Å². The highest BCUT2D eigenvalue weighted by molar-refractivity contribution is 5.81. The maximum Gasteiger partial charge on any atom is 0.251 e. The van der Waals surface area contributed by atoms with Crippen molar-refractivity contribution in [2.24, 2.45) is 5.73 Å². The Morgan fingerprint density at radius 2 is 2.22 bits per heavy atom. The summed E-state index contributed by atoms with van der Waals surface area (Å²) in [5.74, 6) is 0.651. The Labute approximate surface area is 108 Å². The molecule has 1 amide bonds. The summed E-state index contributed by atoms with van der Waals surface area (Å²) in [7, 11) is 1.63. The van der Waals surface area contributed by atoms with E-state index in [1.54, 1.807) is 7.05 Å². The van der Waals surface area contributed by atoms with Crippen LogP contribution >= 0.6 is 0 Å². The number of hydrogen-bond acceptors (Lipinski definition) is 4. The Hall–Kier alpha value is -1.59. The van der Waals surface area contributed by atoms with Crippen molar-refractivity contribution in [3.63, 3.8) is 0 Å². The first-order valence-electron chi connectivity index (χ1n) is 6.03. The molecule has 4 N–H and O–H groups in total. The van der Waals surface area contributed by atoms with Gasteiger partial charge in [-0.05, 0) is 37.5 Å². The SMILES string of the molecule is CCOc1ccc(CC(N)C(=O)NNC)cc1C. The Kier molecular flexibility index (Phi) is 5.61. The molecular formula is C13H21N3O2. The van der Waals surface area contributed by atoms with Crippen LogP contribution in [0.4, 0.5) is 0 Å². The number of nitrogens with one attached hydrogen (secondary N) is 2. The van der Waals surface area contributed by atoms with Crippen molar-refractivity contribution in [2.45, 2.75) is 26.3 Å². The number of amides is 1. The second-order valence-corrected chi connectivity index (χ2v) is 4.08. The Morgan fingerprint density at radius 3 is 2.78 bits per heavy atom. The molecule has 1 rings (SSSR count). The van der Waals surface area contributed by atoms with Gasteiger partial charge in [-0.1, -0.05) is 12.1 Å². The van der Waals surface area contributed by atoms with E-state index in [2.05, 4.69) is 10.9 Å². The Bertz CT molecular complexity index is 407. The fourth-order valence-electron chi connectivity index (χ4n) is 1.72. The van der Waals surface area contributed by atoms with Gasteiger partial charge >= 0.3 is 0 Å². The highest BCUT2D eigenvalue weighted by Gasteiger charge is 2.13. The molecule has 0 bridgehead atoms. The fourth-order valence-corrected chi connectivity index (χ4v) is 1.72. The van der Waals surface area contributed by atoms with Gasteiger partial charge in [0.15, 0.2) is 0 Å². The standard InChI is InChI=1S/C13H21N3O2/c1-4-18-12-6-5-10(7-9(12)2)8-11(14)13(17)16-15-3/h5-7,11,15H,4,8,14H2,1-3H3,(H,16,17). The van der Waals surface area contributed by atoms with Crippen molar-refractivity contribution in [1.29, 1.82) is 0 Å². The predicted molar refractivity (Wildman–Crippen MR) is 71.2 cm³/mol. The maximum atomic E-state index is 11.5. The van der Waals surface area contributed by atoms with Gasteiger partial charge in [-0.15, -0.1) is 0 Å². The van der Waals surface area contributed by atoms with Crippen LogP contribution in [0, 0.1) is 6.92 Å². The van der Waals surface area contributed by atoms with Crippen molar-refractivity contribution >= 4 is 5.91 Å². The van der Waals surface area contributed by atoms with Gasteiger partial charge in [0.25, 0.3) is 5.91 Å². The monoisotopic (exact) mass is 251 g/mol. The van der Waals surface area contributed by atoms with E-state index in [1.165, 1.54) is 0 Å². The van der Waals surface area contributed by atoms with Gasteiger partial charge in [0.2, 0.25) is 0 Å². The van der Waals surface area contributed by atoms with Crippen molar-refractivity contribution < 1.29 is 9.53 Å². The van der Waals surface area contributed by atoms with Crippen molar-refractivity contribution in [3.8, 4) is 5.75 Å². The van der Waals surface area contributed by atoms with E-state index < -0.39 is 6.04 Å². The average Bonchev–Trinajstić information content (AvgIpc) is 2.33. The van der Waals surface area contributed by atoms with Crippen LogP contribution in [0.3, 0.4) is 0 Å². The lowest BCUT2D eigenvalue weighted by Gasteiger charge is -2.13. The third-order valence-electron chi connectivity index (χ3n) is 2.58. The molecule has 1 atom stereocenters. The van der Waals surface area contributed by atoms with E-state index in [0.29, 0.717) is 13.0 Å². The molecule has 0 saturated carbocycles. The van der Waals surface area contributed by atoms with Crippen molar-refractivity contribution in [2.75, 3.05) is 13.7 Å². The molecule has 1 aromatic carbocycles. The van der Waals surface area contributed by atoms with E-state index in [-0.39, 0.29) is 5.91 Å². The minimum atomic E-state index is -0.560. The van der Waals surface area contributed by atoms with Gasteiger partial charge in [-0.25, -0.2) is 5.43 Å². The first kappa shape index (κ1) is 14.5. The number of nitrogens with two attached hydrogens (primary N) is 1. The van der Waals surface area contributed by atoms with E-state index in [1.807, 2.05) is 32.0 Å². The number of carbonyl (C=O) groups is 1. The normalized spacial score (nSPS) is 12.0. The third kappa shape index (κ3) is 4.01. The van der Waals surface area contributed by atoms with Crippen LogP contribution in [0.2, 0.25) is 0 Å². The molecule has 100 valence electrons. The number of carbonyl (C=O) groups excluding carboxylic acids is 1. The van der Waals surface area contributed by atoms with E-state index >= 15 is 0 Å². The predicted octanol–water partition coefficient (Wildman–Crippen LogP) is 0.514. The summed E-state index contributed by atoms with van der Waals surface area (Å²) in [4.78, 5) is 11.5. The second kappa shape index (κ2) is 6.98. The molecule has 1 unspecified atom stereocenters. The molecule has 0 aromatic heterocycles. The molecule has 0 saturated heterocycles. The Morgan fingerprint density at radius 1 is 1.50 bits per heavy atom. The maximum absolute atomic E-state index is 11.5. The van der Waals surface area contributed by atoms with Gasteiger partial charge in [0, 0.05) is 7.05 Å². The molecule has 1 aromatic rings. The minimum absolute atomic E-state index is 0.218. The summed E-state index contributed by atoms with van der Waals surface area (Å²) in [6.45, 7) is 4.57. The summed E-state index contributed by atoms with van der Waals surface area (Å²) >= 11 is 0. The minimum Gasteiger partial charge on any atom is -0.494 e. The molecule has 0 aliphatic carbocycles. The average molecular weight is 251 g/mol. The zero-order valence-electron chi connectivity index (χ0n) is 11.1. The smallest absolute Gasteiger partial charge is 0.251 e. The molecule has 0 aliphatic rings. The van der Waals surface area contributed by atoms with Gasteiger partial charge in [0.1, 0.15) is 5.75 Å². The quantitative estimate of drug-likeness (QED) is 0.644. The molecule has 0 radical (unpaired) electrons. The van der Waals surface area contributed by atoms with Crippen LogP contribution in [0.25, 0.3) is 0 Å². The topological polar surface area (TPSA) is 76.4 Å². The molecular weight excluding hydrogens is 230 g/mol. The summed E-state index contributed by atoms with van der Waals surface area (Å²) in [5, 5.41) is 0. The van der Waals surface area contributed by atoms with Crippen LogP contribution in [0.1, 0.15) is 18.1 Å². The lowest BCUT2D eigenvalue weighted by atomic mass is 10.0. The molecule has 0 spiro atoms. The third-order valence-corrected chi connectivity index (χ3v) is 2.58. The van der Waals surface area contributed by atoms with Crippen LogP contribution < -0.4 is 21.3 Å². The lowest BCUT2D eigenvalue weighted by Crippen LogP contribution is -2.46. The molecule has 0 heterocycles. The van der Waals surface area contributed by atoms with Crippen LogP contribution in [-0.4, -0.2) is 25.6 Å². The highest BCUT2D eigenvalue weighted by atomic mass is 16.5. The molecule has 0 fully saturated rings. The number of ether oxygens (including phenoxy) is 1. The van der Waals surface area contributed by atoms with Gasteiger partial charge in [-0.2, -0.15) is 0 Å². The van der Waals surface area contributed by atoms with Crippen LogP contribution in [0.5, 0.6) is 5.75 Å². The molecule has 18 heavy (non-hydrogen) atoms. The first-order chi connectivity index (χ1) is 8.58. The second-order valence-electron chi connectivity index (χ2n) is 4.08. The summed E-state index contributed by atoms with van der Waals surface area (Å²) < 4.78 is 5.46. The van der Waals surface area contributed by atoms with E-state index in [9.17, 15) is 4.79 Å². The number of rotatable bonds is 6. The first-order valence-corrected chi connectivity index (χ1v) is 6.03. The highest BCUT2D eigenvalue weighted by Crippen LogP contribution is 2.19. The largest absolute Gasteiger partial charge is 0.494 e. The van der Waals surface area contributed by atoms with Crippen LogP contribution in [0.15, 0.2) is 18.2 Å². The fraction of sp³-hybridized carbons (Fsp3) is 0.462. The number of benzene rings is 1. The molecule has 0 aliphatic heterocycles. The number of hydrazine groups is 1. The van der Waals surface area contributed by atoms with E-state index in [4.69, 9.17) is 10.5 Å².